The van der Waals surface area contributed by atoms with Gasteiger partial charge in [0.25, 0.3) is 0 Å². The lowest BCUT2D eigenvalue weighted by atomic mass is 9.88. The molecule has 29 heavy (non-hydrogen) atoms. The number of carbonyl (C=O) groups is 1. The van der Waals surface area contributed by atoms with Crippen LogP contribution in [-0.4, -0.2) is 17.5 Å². The first-order chi connectivity index (χ1) is 14.2. The summed E-state index contributed by atoms with van der Waals surface area (Å²) in [4.78, 5) is 17.4. The molecule has 0 spiro atoms. The van der Waals surface area contributed by atoms with E-state index >= 15 is 0 Å². The van der Waals surface area contributed by atoms with Gasteiger partial charge in [-0.2, -0.15) is 0 Å². The van der Waals surface area contributed by atoms with Crippen molar-refractivity contribution in [3.8, 4) is 5.75 Å². The van der Waals surface area contributed by atoms with Crippen LogP contribution in [0.5, 0.6) is 5.75 Å². The summed E-state index contributed by atoms with van der Waals surface area (Å²) < 4.78 is 6.54. The van der Waals surface area contributed by atoms with E-state index in [1.165, 1.54) is 11.3 Å². The average molecular weight is 403 g/mol. The Hall–Kier alpha value is -3.18. The molecule has 4 aromatic rings. The van der Waals surface area contributed by atoms with Crippen molar-refractivity contribution in [1.82, 2.24) is 4.98 Å². The number of fused-ring (bicyclic) bond motifs is 1. The Labute approximate surface area is 174 Å². The van der Waals surface area contributed by atoms with Crippen molar-refractivity contribution < 1.29 is 9.53 Å². The van der Waals surface area contributed by atoms with E-state index in [0.717, 1.165) is 27.1 Å². The third-order valence-electron chi connectivity index (χ3n) is 4.71. The topological polar surface area (TPSA) is 51.2 Å². The lowest BCUT2D eigenvalue weighted by molar-refractivity contribution is -0.116. The molecule has 3 aromatic carbocycles. The maximum Gasteiger partial charge on any atom is 0.227 e. The largest absolute Gasteiger partial charge is 0.494 e. The standard InChI is InChI=1S/C24H22N2O2S/c1-2-28-19-13-14-21-22(15-19)29-24(25-21)26-23(27)16-20(17-9-5-3-6-10-17)18-11-7-4-8-12-18/h3-15,20H,2,16H2,1H3,(H,25,26,27). The average Bonchev–Trinajstić information content (AvgIpc) is 3.15. The molecule has 1 aromatic heterocycles. The van der Waals surface area contributed by atoms with Crippen LogP contribution in [0.25, 0.3) is 10.2 Å². The lowest BCUT2D eigenvalue weighted by Gasteiger charge is -2.17. The van der Waals surface area contributed by atoms with Gasteiger partial charge in [0.1, 0.15) is 5.75 Å². The number of hydrogen-bond acceptors (Lipinski definition) is 4. The third kappa shape index (κ3) is 4.63. The second-order valence-corrected chi connectivity index (χ2v) is 7.74. The number of carbonyl (C=O) groups excluding carboxylic acids is 1. The van der Waals surface area contributed by atoms with Gasteiger partial charge in [0.15, 0.2) is 5.13 Å². The van der Waals surface area contributed by atoms with Gasteiger partial charge >= 0.3 is 0 Å². The summed E-state index contributed by atoms with van der Waals surface area (Å²) in [5.74, 6) is 0.762. The molecule has 1 N–H and O–H groups in total. The van der Waals surface area contributed by atoms with Crippen LogP contribution in [-0.2, 0) is 4.79 Å². The Bertz CT molecular complexity index is 1050. The molecule has 1 amide bonds. The van der Waals surface area contributed by atoms with Crippen LogP contribution < -0.4 is 10.1 Å². The van der Waals surface area contributed by atoms with E-state index in [0.29, 0.717) is 18.2 Å². The number of nitrogens with zero attached hydrogens (tertiary/aromatic N) is 1. The molecule has 0 unspecified atom stereocenters. The number of anilines is 1. The van der Waals surface area contributed by atoms with Gasteiger partial charge in [-0.25, -0.2) is 4.98 Å². The molecule has 146 valence electrons. The molecule has 0 radical (unpaired) electrons. The molecule has 0 fully saturated rings. The van der Waals surface area contributed by atoms with E-state index in [-0.39, 0.29) is 11.8 Å². The van der Waals surface area contributed by atoms with Gasteiger partial charge in [-0.15, -0.1) is 0 Å². The Morgan fingerprint density at radius 1 is 1.00 bits per heavy atom. The van der Waals surface area contributed by atoms with E-state index in [1.54, 1.807) is 0 Å². The molecule has 0 saturated carbocycles. The molecule has 4 rings (SSSR count). The number of benzene rings is 3. The van der Waals surface area contributed by atoms with Crippen LogP contribution in [0.3, 0.4) is 0 Å². The predicted molar refractivity (Wildman–Crippen MR) is 119 cm³/mol. The van der Waals surface area contributed by atoms with Crippen molar-refractivity contribution in [3.05, 3.63) is 90.0 Å². The molecule has 0 aliphatic rings. The minimum atomic E-state index is -0.0493. The Balaban J connectivity index is 1.53. The number of hydrogen-bond donors (Lipinski definition) is 1. The molecule has 0 bridgehead atoms. The number of rotatable bonds is 7. The highest BCUT2D eigenvalue weighted by atomic mass is 32.1. The zero-order valence-corrected chi connectivity index (χ0v) is 17.0. The van der Waals surface area contributed by atoms with Crippen LogP contribution in [0.1, 0.15) is 30.4 Å². The fraction of sp³-hybridized carbons (Fsp3) is 0.167. The summed E-state index contributed by atoms with van der Waals surface area (Å²) >= 11 is 1.46. The van der Waals surface area contributed by atoms with Crippen LogP contribution >= 0.6 is 11.3 Å². The van der Waals surface area contributed by atoms with Gasteiger partial charge in [0.2, 0.25) is 5.91 Å². The molecule has 5 heteroatoms. The predicted octanol–water partition coefficient (Wildman–Crippen LogP) is 5.86. The van der Waals surface area contributed by atoms with E-state index in [9.17, 15) is 4.79 Å². The van der Waals surface area contributed by atoms with Gasteiger partial charge in [-0.1, -0.05) is 72.0 Å². The fourth-order valence-electron chi connectivity index (χ4n) is 3.37. The highest BCUT2D eigenvalue weighted by molar-refractivity contribution is 7.22. The van der Waals surface area contributed by atoms with E-state index in [1.807, 2.05) is 61.5 Å². The van der Waals surface area contributed by atoms with Gasteiger partial charge in [-0.3, -0.25) is 4.79 Å². The Morgan fingerprint density at radius 3 is 2.28 bits per heavy atom. The molecule has 0 aliphatic carbocycles. The molecule has 4 nitrogen and oxygen atoms in total. The summed E-state index contributed by atoms with van der Waals surface area (Å²) in [5, 5.41) is 3.59. The minimum Gasteiger partial charge on any atom is -0.494 e. The number of ether oxygens (including phenoxy) is 1. The summed E-state index contributed by atoms with van der Waals surface area (Å²) in [7, 11) is 0. The van der Waals surface area contributed by atoms with Crippen LogP contribution in [0.2, 0.25) is 0 Å². The monoisotopic (exact) mass is 402 g/mol. The highest BCUT2D eigenvalue weighted by Crippen LogP contribution is 2.31. The smallest absolute Gasteiger partial charge is 0.227 e. The van der Waals surface area contributed by atoms with Gasteiger partial charge in [0, 0.05) is 12.3 Å². The highest BCUT2D eigenvalue weighted by Gasteiger charge is 2.19. The third-order valence-corrected chi connectivity index (χ3v) is 5.64. The van der Waals surface area contributed by atoms with E-state index < -0.39 is 0 Å². The molecule has 0 aliphatic heterocycles. The zero-order valence-electron chi connectivity index (χ0n) is 16.2. The van der Waals surface area contributed by atoms with E-state index in [4.69, 9.17) is 4.74 Å². The van der Waals surface area contributed by atoms with E-state index in [2.05, 4.69) is 34.6 Å². The Morgan fingerprint density at radius 2 is 1.66 bits per heavy atom. The lowest BCUT2D eigenvalue weighted by Crippen LogP contribution is -2.16. The summed E-state index contributed by atoms with van der Waals surface area (Å²) in [5.41, 5.74) is 3.11. The number of amides is 1. The maximum atomic E-state index is 12.8. The van der Waals surface area contributed by atoms with Gasteiger partial charge < -0.3 is 10.1 Å². The first-order valence-electron chi connectivity index (χ1n) is 9.66. The van der Waals surface area contributed by atoms with Gasteiger partial charge in [0.05, 0.1) is 16.8 Å². The van der Waals surface area contributed by atoms with Crippen molar-refractivity contribution in [2.24, 2.45) is 0 Å². The summed E-state index contributed by atoms with van der Waals surface area (Å²) in [6.45, 7) is 2.58. The SMILES string of the molecule is CCOc1ccc2nc(NC(=O)CC(c3ccccc3)c3ccccc3)sc2c1. The quantitative estimate of drug-likeness (QED) is 0.421. The molecule has 0 saturated heterocycles. The Kier molecular flexibility index (Phi) is 5.86. The van der Waals surface area contributed by atoms with Crippen molar-refractivity contribution in [2.45, 2.75) is 19.3 Å². The number of nitrogens with one attached hydrogen (secondary N) is 1. The zero-order chi connectivity index (χ0) is 20.1. The van der Waals surface area contributed by atoms with Crippen molar-refractivity contribution in [2.75, 3.05) is 11.9 Å². The first kappa shape index (κ1) is 19.2. The van der Waals surface area contributed by atoms with Crippen LogP contribution in [0.15, 0.2) is 78.9 Å². The second kappa shape index (κ2) is 8.88. The van der Waals surface area contributed by atoms with Crippen molar-refractivity contribution >= 4 is 32.6 Å². The summed E-state index contributed by atoms with van der Waals surface area (Å²) in [6.07, 6.45) is 0.355. The minimum absolute atomic E-state index is 0.00339. The second-order valence-electron chi connectivity index (χ2n) is 6.71. The van der Waals surface area contributed by atoms with Crippen LogP contribution in [0, 0.1) is 0 Å². The summed E-state index contributed by atoms with van der Waals surface area (Å²) in [6, 6.07) is 26.1. The van der Waals surface area contributed by atoms with Crippen molar-refractivity contribution in [3.63, 3.8) is 0 Å². The number of thiazole rings is 1. The van der Waals surface area contributed by atoms with Gasteiger partial charge in [-0.05, 0) is 36.2 Å². The molecular weight excluding hydrogens is 380 g/mol. The normalized spacial score (nSPS) is 11.0. The molecule has 1 heterocycles. The number of aromatic nitrogens is 1. The fourth-order valence-corrected chi connectivity index (χ4v) is 4.28. The molecular formula is C24H22N2O2S. The first-order valence-corrected chi connectivity index (χ1v) is 10.5. The molecule has 0 atom stereocenters. The van der Waals surface area contributed by atoms with Crippen LogP contribution in [0.4, 0.5) is 5.13 Å². The maximum absolute atomic E-state index is 12.8. The van der Waals surface area contributed by atoms with Crippen molar-refractivity contribution in [1.29, 1.82) is 0 Å².